The van der Waals surface area contributed by atoms with Gasteiger partial charge in [-0.25, -0.2) is 0 Å². The number of nitrogens with one attached hydrogen (secondary N) is 1. The summed E-state index contributed by atoms with van der Waals surface area (Å²) < 4.78 is 11.2. The van der Waals surface area contributed by atoms with Crippen molar-refractivity contribution in [1.29, 1.82) is 0 Å². The third kappa shape index (κ3) is 6.80. The van der Waals surface area contributed by atoms with Crippen LogP contribution < -0.4 is 5.32 Å². The van der Waals surface area contributed by atoms with Gasteiger partial charge in [0, 0.05) is 26.2 Å². The van der Waals surface area contributed by atoms with Crippen LogP contribution in [0.5, 0.6) is 0 Å². The van der Waals surface area contributed by atoms with Gasteiger partial charge in [0.1, 0.15) is 0 Å². The molecule has 1 amide bonds. The third-order valence-corrected chi connectivity index (χ3v) is 3.73. The van der Waals surface area contributed by atoms with Crippen LogP contribution in [0.2, 0.25) is 0 Å². The number of aliphatic carboxylic acids is 1. The van der Waals surface area contributed by atoms with Gasteiger partial charge in [0.05, 0.1) is 19.1 Å². The van der Waals surface area contributed by atoms with Crippen LogP contribution in [0.3, 0.4) is 0 Å². The third-order valence-electron chi connectivity index (χ3n) is 3.73. The number of carboxylic acid groups (broad SMARTS) is 1. The van der Waals surface area contributed by atoms with Gasteiger partial charge in [-0.2, -0.15) is 0 Å². The zero-order valence-corrected chi connectivity index (χ0v) is 13.1. The summed E-state index contributed by atoms with van der Waals surface area (Å²) in [5.74, 6) is -1.21. The van der Waals surface area contributed by atoms with E-state index >= 15 is 0 Å². The first-order chi connectivity index (χ1) is 11.1. The minimum Gasteiger partial charge on any atom is -0.481 e. The molecule has 126 valence electrons. The van der Waals surface area contributed by atoms with Crippen molar-refractivity contribution in [1.82, 2.24) is 5.32 Å². The van der Waals surface area contributed by atoms with E-state index in [1.807, 2.05) is 24.3 Å². The van der Waals surface area contributed by atoms with Crippen LogP contribution in [0.25, 0.3) is 0 Å². The molecule has 0 radical (unpaired) electrons. The summed E-state index contributed by atoms with van der Waals surface area (Å²) in [6.07, 6.45) is 2.03. The molecule has 1 saturated heterocycles. The molecule has 0 atom stereocenters. The first-order valence-corrected chi connectivity index (χ1v) is 7.89. The normalized spacial score (nSPS) is 15.3. The van der Waals surface area contributed by atoms with E-state index in [1.165, 1.54) is 0 Å². The second-order valence-electron chi connectivity index (χ2n) is 5.61. The molecule has 0 unspecified atom stereocenters. The number of benzene rings is 1. The predicted octanol–water partition coefficient (Wildman–Crippen LogP) is 1.86. The lowest BCUT2D eigenvalue weighted by molar-refractivity contribution is -0.138. The van der Waals surface area contributed by atoms with Crippen LogP contribution in [0.15, 0.2) is 24.3 Å². The highest BCUT2D eigenvalue weighted by atomic mass is 16.5. The number of carbonyl (C=O) groups excluding carboxylic acids is 1. The Hall–Kier alpha value is -1.92. The summed E-state index contributed by atoms with van der Waals surface area (Å²) in [5, 5.41) is 11.2. The molecule has 6 nitrogen and oxygen atoms in total. The Kier molecular flexibility index (Phi) is 7.03. The Morgan fingerprint density at radius 2 is 1.78 bits per heavy atom. The molecule has 1 fully saturated rings. The highest BCUT2D eigenvalue weighted by Gasteiger charge is 2.13. The van der Waals surface area contributed by atoms with Crippen LogP contribution in [-0.4, -0.2) is 36.3 Å². The maximum atomic E-state index is 11.5. The van der Waals surface area contributed by atoms with Gasteiger partial charge >= 0.3 is 5.97 Å². The Bertz CT molecular complexity index is 508. The van der Waals surface area contributed by atoms with Crippen molar-refractivity contribution in [2.45, 2.75) is 44.9 Å². The fourth-order valence-corrected chi connectivity index (χ4v) is 2.32. The fraction of sp³-hybridized carbons (Fsp3) is 0.529. The van der Waals surface area contributed by atoms with E-state index in [4.69, 9.17) is 14.6 Å². The monoisotopic (exact) mass is 321 g/mol. The van der Waals surface area contributed by atoms with Crippen LogP contribution in [-0.2, 0) is 32.2 Å². The van der Waals surface area contributed by atoms with Crippen molar-refractivity contribution in [2.75, 3.05) is 13.2 Å². The molecule has 0 aromatic heterocycles. The lowest BCUT2D eigenvalue weighted by atomic mass is 10.1. The van der Waals surface area contributed by atoms with Gasteiger partial charge in [0.25, 0.3) is 0 Å². The molecule has 1 aromatic carbocycles. The van der Waals surface area contributed by atoms with Gasteiger partial charge in [0.15, 0.2) is 0 Å². The van der Waals surface area contributed by atoms with Crippen LogP contribution >= 0.6 is 0 Å². The molecule has 0 saturated carbocycles. The van der Waals surface area contributed by atoms with Gasteiger partial charge in [-0.05, 0) is 24.0 Å². The molecule has 23 heavy (non-hydrogen) atoms. The summed E-state index contributed by atoms with van der Waals surface area (Å²) >= 11 is 0. The molecule has 0 spiro atoms. The number of amides is 1. The summed E-state index contributed by atoms with van der Waals surface area (Å²) in [7, 11) is 0. The highest BCUT2D eigenvalue weighted by molar-refractivity contribution is 5.80. The van der Waals surface area contributed by atoms with Gasteiger partial charge in [-0.3, -0.25) is 9.59 Å². The van der Waals surface area contributed by atoms with Crippen molar-refractivity contribution in [2.24, 2.45) is 0 Å². The minimum absolute atomic E-state index is 0.00631. The van der Waals surface area contributed by atoms with E-state index in [9.17, 15) is 9.59 Å². The van der Waals surface area contributed by atoms with Crippen LogP contribution in [0, 0.1) is 0 Å². The number of ether oxygens (including phenoxy) is 2. The summed E-state index contributed by atoms with van der Waals surface area (Å²) in [6.45, 7) is 2.52. The predicted molar refractivity (Wildman–Crippen MR) is 83.8 cm³/mol. The van der Waals surface area contributed by atoms with Gasteiger partial charge < -0.3 is 19.9 Å². The average molecular weight is 321 g/mol. The first-order valence-electron chi connectivity index (χ1n) is 7.89. The average Bonchev–Trinajstić information content (AvgIpc) is 2.58. The van der Waals surface area contributed by atoms with Crippen molar-refractivity contribution in [3.63, 3.8) is 0 Å². The van der Waals surface area contributed by atoms with Crippen LogP contribution in [0.4, 0.5) is 0 Å². The SMILES string of the molecule is O=C(O)CCC(=O)NCc1ccc(COC2CCOCC2)cc1. The molecule has 1 aromatic rings. The summed E-state index contributed by atoms with van der Waals surface area (Å²) in [4.78, 5) is 21.9. The van der Waals surface area contributed by atoms with Crippen molar-refractivity contribution in [3.8, 4) is 0 Å². The van der Waals surface area contributed by atoms with Crippen LogP contribution in [0.1, 0.15) is 36.8 Å². The molecule has 1 heterocycles. The molecule has 1 aliphatic heterocycles. The lowest BCUT2D eigenvalue weighted by Crippen LogP contribution is -2.23. The molecule has 2 rings (SSSR count). The van der Waals surface area contributed by atoms with E-state index in [0.717, 1.165) is 37.2 Å². The van der Waals surface area contributed by atoms with Gasteiger partial charge in [-0.1, -0.05) is 24.3 Å². The Labute approximate surface area is 135 Å². The molecular formula is C17H23NO5. The van der Waals surface area contributed by atoms with Gasteiger partial charge in [-0.15, -0.1) is 0 Å². The number of carbonyl (C=O) groups is 2. The lowest BCUT2D eigenvalue weighted by Gasteiger charge is -2.22. The van der Waals surface area contributed by atoms with E-state index < -0.39 is 5.97 Å². The van der Waals surface area contributed by atoms with E-state index in [1.54, 1.807) is 0 Å². The standard InChI is InChI=1S/C17H23NO5/c19-16(5-6-17(20)21)18-11-13-1-3-14(4-2-13)12-23-15-7-9-22-10-8-15/h1-4,15H,5-12H2,(H,18,19)(H,20,21). The highest BCUT2D eigenvalue weighted by Crippen LogP contribution is 2.14. The molecule has 6 heteroatoms. The molecular weight excluding hydrogens is 298 g/mol. The molecule has 0 aliphatic carbocycles. The number of hydrogen-bond donors (Lipinski definition) is 2. The number of rotatable bonds is 8. The zero-order valence-electron chi connectivity index (χ0n) is 13.1. The summed E-state index contributed by atoms with van der Waals surface area (Å²) in [6, 6.07) is 7.86. The summed E-state index contributed by atoms with van der Waals surface area (Å²) in [5.41, 5.74) is 2.07. The maximum absolute atomic E-state index is 11.5. The van der Waals surface area contributed by atoms with E-state index in [2.05, 4.69) is 5.32 Å². The van der Waals surface area contributed by atoms with Crippen molar-refractivity contribution in [3.05, 3.63) is 35.4 Å². The second-order valence-corrected chi connectivity index (χ2v) is 5.61. The first kappa shape index (κ1) is 17.4. The molecule has 1 aliphatic rings. The van der Waals surface area contributed by atoms with Crippen molar-refractivity contribution >= 4 is 11.9 Å². The largest absolute Gasteiger partial charge is 0.481 e. The van der Waals surface area contributed by atoms with E-state index in [0.29, 0.717) is 13.2 Å². The number of hydrogen-bond acceptors (Lipinski definition) is 4. The van der Waals surface area contributed by atoms with Gasteiger partial charge in [0.2, 0.25) is 5.91 Å². The second kappa shape index (κ2) is 9.27. The fourth-order valence-electron chi connectivity index (χ4n) is 2.32. The van der Waals surface area contributed by atoms with E-state index in [-0.39, 0.29) is 24.9 Å². The van der Waals surface area contributed by atoms with Crippen molar-refractivity contribution < 1.29 is 24.2 Å². The Balaban J connectivity index is 1.69. The minimum atomic E-state index is -0.964. The quantitative estimate of drug-likeness (QED) is 0.763. The Morgan fingerprint density at radius 1 is 1.13 bits per heavy atom. The molecule has 2 N–H and O–H groups in total. The topological polar surface area (TPSA) is 84.9 Å². The zero-order chi connectivity index (χ0) is 16.5. The maximum Gasteiger partial charge on any atom is 0.303 e. The Morgan fingerprint density at radius 3 is 2.43 bits per heavy atom. The smallest absolute Gasteiger partial charge is 0.303 e. The number of carboxylic acids is 1. The molecule has 0 bridgehead atoms.